The van der Waals surface area contributed by atoms with Gasteiger partial charge in [-0.15, -0.1) is 0 Å². The molecule has 0 radical (unpaired) electrons. The van der Waals surface area contributed by atoms with Gasteiger partial charge >= 0.3 is 23.5 Å². The van der Waals surface area contributed by atoms with Crippen LogP contribution in [0.2, 0.25) is 0 Å². The van der Waals surface area contributed by atoms with Gasteiger partial charge in [-0.3, -0.25) is 32.5 Å². The fourth-order valence-corrected chi connectivity index (χ4v) is 9.46. The molecule has 71 heavy (non-hydrogen) atoms. The number of carbonyl (C=O) groups excluding carboxylic acids is 3. The lowest BCUT2D eigenvalue weighted by Gasteiger charge is -2.30. The van der Waals surface area contributed by atoms with Gasteiger partial charge in [-0.2, -0.15) is 4.31 Å². The molecule has 3 rings (SSSR count). The molecule has 1 fully saturated rings. The average molecular weight is 1080 g/mol. The van der Waals surface area contributed by atoms with Crippen LogP contribution < -0.4 is 16.4 Å². The number of thioether (sulfide) groups is 1. The summed E-state index contributed by atoms with van der Waals surface area (Å²) in [6.45, 7) is 2.54. The number of allylic oxidation sites excluding steroid dienone is 13. The van der Waals surface area contributed by atoms with Gasteiger partial charge in [0.2, 0.25) is 16.9 Å². The van der Waals surface area contributed by atoms with Crippen LogP contribution in [0.4, 0.5) is 5.82 Å². The first-order valence-corrected chi connectivity index (χ1v) is 27.7. The molecule has 1 aliphatic heterocycles. The highest BCUT2D eigenvalue weighted by molar-refractivity contribution is 8.14. The summed E-state index contributed by atoms with van der Waals surface area (Å²) in [6, 6.07) is 0. The van der Waals surface area contributed by atoms with Gasteiger partial charge in [0.15, 0.2) is 17.7 Å². The number of fused-ring (bicyclic) bond motifs is 1. The summed E-state index contributed by atoms with van der Waals surface area (Å²) in [7, 11) is -16.4. The molecule has 0 saturated carbocycles. The van der Waals surface area contributed by atoms with Gasteiger partial charge in [-0.1, -0.05) is 112 Å². The first kappa shape index (κ1) is 61.0. The van der Waals surface area contributed by atoms with E-state index < -0.39 is 84.6 Å². The molecule has 3 unspecified atom stereocenters. The number of phosphoric acid groups is 3. The summed E-state index contributed by atoms with van der Waals surface area (Å²) in [5.74, 6) is -1.19. The van der Waals surface area contributed by atoms with E-state index in [1.807, 2.05) is 12.2 Å². The summed E-state index contributed by atoms with van der Waals surface area (Å²) in [5, 5.41) is 26.3. The fraction of sp³-hybridized carbons (Fsp3) is 0.488. The Morgan fingerprint density at radius 1 is 0.859 bits per heavy atom. The van der Waals surface area contributed by atoms with Crippen LogP contribution in [0.5, 0.6) is 0 Å². The molecule has 24 nitrogen and oxygen atoms in total. The van der Waals surface area contributed by atoms with Gasteiger partial charge in [0.25, 0.3) is 0 Å². The van der Waals surface area contributed by atoms with Crippen molar-refractivity contribution in [3.8, 4) is 0 Å². The molecule has 7 atom stereocenters. The monoisotopic (exact) mass is 1080 g/mol. The first-order valence-electron chi connectivity index (χ1n) is 22.2. The van der Waals surface area contributed by atoms with Gasteiger partial charge in [0.05, 0.1) is 19.5 Å². The van der Waals surface area contributed by atoms with Crippen molar-refractivity contribution in [2.75, 3.05) is 37.8 Å². The van der Waals surface area contributed by atoms with Gasteiger partial charge in [0.1, 0.15) is 36.3 Å². The zero-order valence-corrected chi connectivity index (χ0v) is 42.9. The molecule has 10 N–H and O–H groups in total. The second-order valence-corrected chi connectivity index (χ2v) is 21.3. The maximum absolute atomic E-state index is 12.7. The molecule has 28 heteroatoms. The zero-order valence-electron chi connectivity index (χ0n) is 39.4. The number of amides is 2. The van der Waals surface area contributed by atoms with E-state index in [1.54, 1.807) is 12.2 Å². The van der Waals surface area contributed by atoms with Crippen molar-refractivity contribution < 1.29 is 80.5 Å². The highest BCUT2D eigenvalue weighted by atomic mass is 32.2. The van der Waals surface area contributed by atoms with Crippen LogP contribution in [0.1, 0.15) is 71.9 Å². The average Bonchev–Trinajstić information content (AvgIpc) is 3.86. The Bertz CT molecular complexity index is 2400. The molecule has 0 spiro atoms. The third-order valence-electron chi connectivity index (χ3n) is 9.66. The van der Waals surface area contributed by atoms with E-state index in [0.29, 0.717) is 5.75 Å². The number of imidazole rings is 1. The summed E-state index contributed by atoms with van der Waals surface area (Å²) in [4.78, 5) is 88.3. The zero-order chi connectivity index (χ0) is 52.5. The first-order chi connectivity index (χ1) is 33.6. The number of nitrogens with one attached hydrogen (secondary N) is 2. The van der Waals surface area contributed by atoms with E-state index in [1.165, 1.54) is 19.9 Å². The molecule has 1 aliphatic rings. The number of aliphatic hydroxyl groups excluding tert-OH is 2. The molecular formula is C43H64N7O17P3S. The summed E-state index contributed by atoms with van der Waals surface area (Å²) >= 11 is 1.01. The number of carbonyl (C=O) groups is 3. The minimum absolute atomic E-state index is 0.0276. The van der Waals surface area contributed by atoms with Crippen molar-refractivity contribution in [3.05, 3.63) is 97.7 Å². The van der Waals surface area contributed by atoms with E-state index in [9.17, 15) is 57.9 Å². The molecular weight excluding hydrogens is 1010 g/mol. The Balaban J connectivity index is 1.31. The quantitative estimate of drug-likeness (QED) is 0.0154. The number of rotatable bonds is 32. The predicted molar refractivity (Wildman–Crippen MR) is 264 cm³/mol. The number of ether oxygens (including phenoxy) is 1. The topological polar surface area (TPSA) is 364 Å². The molecule has 0 bridgehead atoms. The smallest absolute Gasteiger partial charge is 0.386 e. The van der Waals surface area contributed by atoms with E-state index in [-0.39, 0.29) is 41.6 Å². The molecule has 2 aromatic heterocycles. The van der Waals surface area contributed by atoms with E-state index in [4.69, 9.17) is 19.5 Å². The Morgan fingerprint density at radius 2 is 1.45 bits per heavy atom. The number of nitrogen functional groups attached to an aromatic ring is 1. The fourth-order valence-electron chi connectivity index (χ4n) is 6.05. The highest BCUT2D eigenvalue weighted by Crippen LogP contribution is 2.61. The lowest BCUT2D eigenvalue weighted by molar-refractivity contribution is -0.137. The van der Waals surface area contributed by atoms with Crippen LogP contribution >= 0.6 is 35.2 Å². The van der Waals surface area contributed by atoms with Gasteiger partial charge < -0.3 is 50.9 Å². The minimum Gasteiger partial charge on any atom is -0.386 e. The lowest BCUT2D eigenvalue weighted by Crippen LogP contribution is -2.46. The second kappa shape index (κ2) is 30.7. The second-order valence-electron chi connectivity index (χ2n) is 16.0. The van der Waals surface area contributed by atoms with Crippen LogP contribution in [0.3, 0.4) is 0 Å². The maximum atomic E-state index is 12.7. The van der Waals surface area contributed by atoms with Crippen molar-refractivity contribution in [1.82, 2.24) is 30.2 Å². The van der Waals surface area contributed by atoms with Crippen molar-refractivity contribution in [3.63, 3.8) is 0 Å². The molecule has 0 aromatic carbocycles. The lowest BCUT2D eigenvalue weighted by atomic mass is 9.87. The van der Waals surface area contributed by atoms with Crippen molar-refractivity contribution in [1.29, 1.82) is 0 Å². The SMILES string of the molecule is CCC=CCC=CCC=CCC=CCC=CCC=CC=CC(=O)SCCNC(=O)CCNC(=O)C(O)C(C)(C)COP(=O)(O)OP(=O)(O)OC[C@H]1O[C@@H](n2cnc3c(N)ncnc32)[C@H](O)[C@@H]1OP(=O)(O)O. The van der Waals surface area contributed by atoms with Gasteiger partial charge in [-0.25, -0.2) is 28.6 Å². The summed E-state index contributed by atoms with van der Waals surface area (Å²) in [6.07, 6.45) is 26.5. The number of phosphoric ester groups is 3. The largest absolute Gasteiger partial charge is 0.481 e. The number of anilines is 1. The Labute approximate surface area is 415 Å². The molecule has 394 valence electrons. The Hall–Kier alpha value is -4.26. The highest BCUT2D eigenvalue weighted by Gasteiger charge is 2.50. The molecule has 0 aliphatic carbocycles. The van der Waals surface area contributed by atoms with Crippen LogP contribution in [0.25, 0.3) is 11.2 Å². The number of nitrogens with two attached hydrogens (primary N) is 1. The Morgan fingerprint density at radius 3 is 2.06 bits per heavy atom. The minimum atomic E-state index is -5.59. The van der Waals surface area contributed by atoms with Crippen LogP contribution in [-0.4, -0.2) is 123 Å². The van der Waals surface area contributed by atoms with Crippen molar-refractivity contribution in [2.45, 2.75) is 96.4 Å². The van der Waals surface area contributed by atoms with Crippen LogP contribution in [-0.2, 0) is 50.7 Å². The third kappa shape index (κ3) is 23.4. The molecule has 3 heterocycles. The predicted octanol–water partition coefficient (Wildman–Crippen LogP) is 4.92. The van der Waals surface area contributed by atoms with Crippen LogP contribution in [0.15, 0.2) is 97.7 Å². The standard InChI is InChI=1S/C43H64N7O17P3S/c1-4-5-6-7-8-9-10-11-12-13-14-15-16-17-18-19-20-21-22-23-34(52)71-27-26-45-33(51)24-25-46-41(55)38(54)43(2,3)29-64-70(61,62)67-69(59,60)63-28-32-37(66-68(56,57)58)36(53)42(65-32)50-31-49-35-39(44)47-30-48-40(35)50/h5-6,8-9,11-12,14-15,17-18,20-23,30-32,36-38,42,53-54H,4,7,10,13,16,19,24-29H2,1-3H3,(H,45,51)(H,46,55)(H,59,60)(H,61,62)(H2,44,47,48)(H2,56,57,58)/t32-,36-,37-,38?,42-/m1/s1. The number of aromatic nitrogens is 4. The molecule has 1 saturated heterocycles. The maximum Gasteiger partial charge on any atom is 0.481 e. The third-order valence-corrected chi connectivity index (χ3v) is 13.6. The van der Waals surface area contributed by atoms with E-state index in [0.717, 1.165) is 67.5 Å². The van der Waals surface area contributed by atoms with Crippen LogP contribution in [0, 0.1) is 5.41 Å². The number of nitrogens with zero attached hydrogens (tertiary/aromatic N) is 4. The molecule has 2 amide bonds. The number of aliphatic hydroxyl groups is 2. The molecule has 2 aromatic rings. The van der Waals surface area contributed by atoms with E-state index >= 15 is 0 Å². The normalized spacial score (nSPS) is 20.4. The van der Waals surface area contributed by atoms with Crippen molar-refractivity contribution in [2.24, 2.45) is 5.41 Å². The van der Waals surface area contributed by atoms with E-state index in [2.05, 4.69) is 96.0 Å². The van der Waals surface area contributed by atoms with Gasteiger partial charge in [-0.05, 0) is 44.6 Å². The number of hydrogen-bond acceptors (Lipinski definition) is 18. The Kier molecular flexibility index (Phi) is 26.4. The van der Waals surface area contributed by atoms with Crippen molar-refractivity contribution >= 4 is 69.1 Å². The van der Waals surface area contributed by atoms with Gasteiger partial charge in [0, 0.05) is 30.7 Å². The number of hydrogen-bond donors (Lipinski definition) is 9. The summed E-state index contributed by atoms with van der Waals surface area (Å²) in [5.41, 5.74) is 4.26. The summed E-state index contributed by atoms with van der Waals surface area (Å²) < 4.78 is 62.4.